The van der Waals surface area contributed by atoms with Gasteiger partial charge in [0.05, 0.1) is 0 Å². The van der Waals surface area contributed by atoms with Crippen LogP contribution in [-0.2, 0) is 19.1 Å². The molecule has 0 saturated carbocycles. The molecule has 0 aromatic rings. The Morgan fingerprint density at radius 3 is 1.39 bits per heavy atom. The van der Waals surface area contributed by atoms with Gasteiger partial charge in [-0.2, -0.15) is 0 Å². The number of unbranched alkanes of at least 4 members (excludes halogenated alkanes) is 11. The number of hydrogen-bond donors (Lipinski definition) is 1. The van der Waals surface area contributed by atoms with Crippen LogP contribution in [0.2, 0.25) is 0 Å². The van der Waals surface area contributed by atoms with Crippen molar-refractivity contribution in [2.75, 3.05) is 13.2 Å². The van der Waals surface area contributed by atoms with E-state index in [9.17, 15) is 14.7 Å². The summed E-state index contributed by atoms with van der Waals surface area (Å²) in [4.78, 5) is 23.8. The first-order valence-electron chi connectivity index (χ1n) is 17.5. The van der Waals surface area contributed by atoms with Crippen molar-refractivity contribution in [1.29, 1.82) is 0 Å². The monoisotopic (exact) mass is 612 g/mol. The fourth-order valence-electron chi connectivity index (χ4n) is 4.36. The van der Waals surface area contributed by atoms with Gasteiger partial charge in [-0.3, -0.25) is 9.59 Å². The van der Waals surface area contributed by atoms with Crippen LogP contribution < -0.4 is 0 Å². The molecule has 0 heterocycles. The van der Waals surface area contributed by atoms with Crippen LogP contribution in [0.3, 0.4) is 0 Å². The maximum Gasteiger partial charge on any atom is 0.305 e. The SMILES string of the molecule is CC/C=C\C/C=C\C/C=C\CCCCCCCC(=O)OCC(O)COC(=O)CCCCCCCC/C=C\C/C=C\C=C\CC. The summed E-state index contributed by atoms with van der Waals surface area (Å²) in [7, 11) is 0. The van der Waals surface area contributed by atoms with Crippen molar-refractivity contribution < 1.29 is 24.2 Å². The number of esters is 2. The molecule has 1 atom stereocenters. The zero-order valence-corrected chi connectivity index (χ0v) is 28.1. The average Bonchev–Trinajstić information content (AvgIpc) is 3.02. The number of carbonyl (C=O) groups is 2. The second-order valence-corrected chi connectivity index (χ2v) is 11.3. The van der Waals surface area contributed by atoms with E-state index in [4.69, 9.17) is 9.47 Å². The Bertz CT molecular complexity index is 833. The highest BCUT2D eigenvalue weighted by Gasteiger charge is 2.12. The lowest BCUT2D eigenvalue weighted by Crippen LogP contribution is -2.25. The lowest BCUT2D eigenvalue weighted by Gasteiger charge is -2.12. The number of ether oxygens (including phenoxy) is 2. The van der Waals surface area contributed by atoms with Crippen molar-refractivity contribution in [2.45, 2.75) is 148 Å². The molecule has 0 fully saturated rings. The molecule has 250 valence electrons. The van der Waals surface area contributed by atoms with Crippen LogP contribution in [0.5, 0.6) is 0 Å². The predicted octanol–water partition coefficient (Wildman–Crippen LogP) is 10.6. The normalized spacial score (nSPS) is 13.1. The molecular formula is C39H64O5. The minimum absolute atomic E-state index is 0.133. The first kappa shape index (κ1) is 41.3. The number of aliphatic hydroxyl groups excluding tert-OH is 1. The first-order chi connectivity index (χ1) is 21.6. The van der Waals surface area contributed by atoms with Crippen LogP contribution in [0.1, 0.15) is 142 Å². The van der Waals surface area contributed by atoms with Crippen LogP contribution in [0.15, 0.2) is 72.9 Å². The summed E-state index contributed by atoms with van der Waals surface area (Å²) < 4.78 is 10.3. The Kier molecular flexibility index (Phi) is 32.7. The summed E-state index contributed by atoms with van der Waals surface area (Å²) in [5.41, 5.74) is 0. The third-order valence-electron chi connectivity index (χ3n) is 6.96. The molecule has 44 heavy (non-hydrogen) atoms. The summed E-state index contributed by atoms with van der Waals surface area (Å²) in [5.74, 6) is -0.609. The van der Waals surface area contributed by atoms with Crippen LogP contribution in [0.4, 0.5) is 0 Å². The van der Waals surface area contributed by atoms with Crippen LogP contribution in [0, 0.1) is 0 Å². The molecule has 0 aromatic heterocycles. The summed E-state index contributed by atoms with van der Waals surface area (Å²) >= 11 is 0. The van der Waals surface area contributed by atoms with E-state index in [-0.39, 0.29) is 25.2 Å². The maximum absolute atomic E-state index is 11.9. The summed E-state index contributed by atoms with van der Waals surface area (Å²) in [6.07, 6.45) is 45.2. The number of aliphatic hydroxyl groups is 1. The third kappa shape index (κ3) is 33.8. The zero-order valence-electron chi connectivity index (χ0n) is 28.1. The van der Waals surface area contributed by atoms with E-state index in [2.05, 4.69) is 86.8 Å². The van der Waals surface area contributed by atoms with E-state index in [1.54, 1.807) is 0 Å². The molecule has 0 amide bonds. The molecule has 5 heteroatoms. The molecule has 0 aliphatic rings. The molecule has 0 aliphatic carbocycles. The van der Waals surface area contributed by atoms with Crippen molar-refractivity contribution >= 4 is 11.9 Å². The minimum atomic E-state index is -0.979. The molecule has 1 unspecified atom stereocenters. The highest BCUT2D eigenvalue weighted by atomic mass is 16.6. The number of allylic oxidation sites excluding steroid dienone is 12. The van der Waals surface area contributed by atoms with Crippen molar-refractivity contribution in [3.05, 3.63) is 72.9 Å². The van der Waals surface area contributed by atoms with E-state index in [0.29, 0.717) is 12.8 Å². The molecule has 5 nitrogen and oxygen atoms in total. The van der Waals surface area contributed by atoms with Gasteiger partial charge < -0.3 is 14.6 Å². The third-order valence-corrected chi connectivity index (χ3v) is 6.96. The topological polar surface area (TPSA) is 72.8 Å². The van der Waals surface area contributed by atoms with Gasteiger partial charge in [0.15, 0.2) is 0 Å². The maximum atomic E-state index is 11.9. The fraction of sp³-hybridized carbons (Fsp3) is 0.641. The largest absolute Gasteiger partial charge is 0.463 e. The van der Waals surface area contributed by atoms with Crippen molar-refractivity contribution in [3.63, 3.8) is 0 Å². The van der Waals surface area contributed by atoms with Gasteiger partial charge in [0.2, 0.25) is 0 Å². The molecule has 1 N–H and O–H groups in total. The van der Waals surface area contributed by atoms with E-state index in [1.165, 1.54) is 25.7 Å². The van der Waals surface area contributed by atoms with Gasteiger partial charge in [-0.1, -0.05) is 132 Å². The average molecular weight is 613 g/mol. The Morgan fingerprint density at radius 2 is 0.886 bits per heavy atom. The summed E-state index contributed by atoms with van der Waals surface area (Å²) in [6.45, 7) is 4.01. The fourth-order valence-corrected chi connectivity index (χ4v) is 4.36. The summed E-state index contributed by atoms with van der Waals surface area (Å²) in [5, 5.41) is 9.98. The van der Waals surface area contributed by atoms with Gasteiger partial charge in [-0.05, 0) is 70.6 Å². The first-order valence-corrected chi connectivity index (χ1v) is 17.5. The Hall–Kier alpha value is -2.66. The van der Waals surface area contributed by atoms with Crippen molar-refractivity contribution in [3.8, 4) is 0 Å². The number of hydrogen-bond acceptors (Lipinski definition) is 5. The molecule has 0 radical (unpaired) electrons. The van der Waals surface area contributed by atoms with Gasteiger partial charge >= 0.3 is 11.9 Å². The Balaban J connectivity index is 3.53. The second-order valence-electron chi connectivity index (χ2n) is 11.3. The quantitative estimate of drug-likeness (QED) is 0.0378. The van der Waals surface area contributed by atoms with Crippen LogP contribution >= 0.6 is 0 Å². The van der Waals surface area contributed by atoms with Gasteiger partial charge in [-0.25, -0.2) is 0 Å². The predicted molar refractivity (Wildman–Crippen MR) is 186 cm³/mol. The smallest absolute Gasteiger partial charge is 0.305 e. The standard InChI is InChI=1S/C39H64O5/c1-3-5-7-9-11-13-15-17-19-21-23-25-27-29-31-33-38(41)43-35-37(40)36-44-39(42)34-32-30-28-26-24-22-20-18-16-14-12-10-8-6-4-2/h5-9,11-12,14-15,17-18,20,37,40H,3-4,10,13,16,19,21-36H2,1-2H3/b7-5+,8-6-,11-9-,14-12-,17-15-,20-18-. The van der Waals surface area contributed by atoms with E-state index < -0.39 is 6.10 Å². The zero-order chi connectivity index (χ0) is 32.2. The van der Waals surface area contributed by atoms with E-state index in [1.807, 2.05) is 0 Å². The van der Waals surface area contributed by atoms with Crippen LogP contribution in [0.25, 0.3) is 0 Å². The molecule has 0 rings (SSSR count). The van der Waals surface area contributed by atoms with E-state index in [0.717, 1.165) is 89.9 Å². The Labute approximate surface area is 270 Å². The second kappa shape index (κ2) is 34.8. The lowest BCUT2D eigenvalue weighted by atomic mass is 10.1. The number of carbonyl (C=O) groups excluding carboxylic acids is 2. The van der Waals surface area contributed by atoms with Gasteiger partial charge in [0, 0.05) is 12.8 Å². The summed E-state index contributed by atoms with van der Waals surface area (Å²) in [6, 6.07) is 0. The molecule has 0 saturated heterocycles. The van der Waals surface area contributed by atoms with Crippen molar-refractivity contribution in [2.24, 2.45) is 0 Å². The number of rotatable bonds is 30. The molecule has 0 aliphatic heterocycles. The highest BCUT2D eigenvalue weighted by Crippen LogP contribution is 2.11. The lowest BCUT2D eigenvalue weighted by molar-refractivity contribution is -0.152. The van der Waals surface area contributed by atoms with Gasteiger partial charge in [0.25, 0.3) is 0 Å². The highest BCUT2D eigenvalue weighted by molar-refractivity contribution is 5.69. The molecule has 0 bridgehead atoms. The van der Waals surface area contributed by atoms with Crippen LogP contribution in [-0.4, -0.2) is 36.4 Å². The minimum Gasteiger partial charge on any atom is -0.463 e. The van der Waals surface area contributed by atoms with E-state index >= 15 is 0 Å². The van der Waals surface area contributed by atoms with Crippen molar-refractivity contribution in [1.82, 2.24) is 0 Å². The molecular weight excluding hydrogens is 548 g/mol. The van der Waals surface area contributed by atoms with Gasteiger partial charge in [-0.15, -0.1) is 0 Å². The van der Waals surface area contributed by atoms with Gasteiger partial charge in [0.1, 0.15) is 19.3 Å². The molecule has 0 aromatic carbocycles. The molecule has 0 spiro atoms. The Morgan fingerprint density at radius 1 is 0.500 bits per heavy atom.